The fraction of sp³-hybridized carbons (Fsp3) is 0.625. The largest absolute Gasteiger partial charge is 0.494 e. The van der Waals surface area contributed by atoms with Crippen LogP contribution in [0.5, 0.6) is 5.75 Å². The van der Waals surface area contributed by atoms with Crippen LogP contribution in [0.1, 0.15) is 37.8 Å². The number of likely N-dealkylation sites (N-methyl/N-ethyl adjacent to an activating group) is 1. The Hall–Kier alpha value is -1.06. The van der Waals surface area contributed by atoms with E-state index in [0.717, 1.165) is 18.9 Å². The number of ether oxygens (including phenoxy) is 1. The van der Waals surface area contributed by atoms with Crippen LogP contribution >= 0.6 is 0 Å². The molecule has 19 heavy (non-hydrogen) atoms. The number of hydrogen-bond donors (Lipinski definition) is 1. The van der Waals surface area contributed by atoms with Crippen molar-refractivity contribution < 1.29 is 4.74 Å². The summed E-state index contributed by atoms with van der Waals surface area (Å²) in [5.74, 6) is 0.959. The lowest BCUT2D eigenvalue weighted by atomic mass is 9.92. The number of rotatable bonds is 5. The summed E-state index contributed by atoms with van der Waals surface area (Å²) in [5, 5.41) is 3.67. The molecule has 1 aliphatic heterocycles. The SMILES string of the molecule is CCOc1ccc(C(C2CCCCN2)N(C)C)cc1. The van der Waals surface area contributed by atoms with E-state index in [-0.39, 0.29) is 0 Å². The van der Waals surface area contributed by atoms with Gasteiger partial charge in [0.1, 0.15) is 5.75 Å². The minimum atomic E-state index is 0.441. The van der Waals surface area contributed by atoms with Crippen molar-refractivity contribution in [2.24, 2.45) is 0 Å². The van der Waals surface area contributed by atoms with Gasteiger partial charge in [-0.1, -0.05) is 18.6 Å². The third-order valence-electron chi connectivity index (χ3n) is 3.82. The zero-order valence-electron chi connectivity index (χ0n) is 12.4. The first-order chi connectivity index (χ1) is 9.22. The van der Waals surface area contributed by atoms with E-state index in [1.165, 1.54) is 24.8 Å². The van der Waals surface area contributed by atoms with Gasteiger partial charge in [-0.25, -0.2) is 0 Å². The molecule has 2 rings (SSSR count). The van der Waals surface area contributed by atoms with Gasteiger partial charge in [0.15, 0.2) is 0 Å². The summed E-state index contributed by atoms with van der Waals surface area (Å²) in [6.07, 6.45) is 3.90. The Kier molecular flexibility index (Phi) is 5.23. The van der Waals surface area contributed by atoms with Gasteiger partial charge < -0.3 is 15.0 Å². The molecule has 1 aliphatic rings. The van der Waals surface area contributed by atoms with Gasteiger partial charge in [-0.15, -0.1) is 0 Å². The molecule has 2 atom stereocenters. The Morgan fingerprint density at radius 2 is 2.00 bits per heavy atom. The van der Waals surface area contributed by atoms with Crippen molar-refractivity contribution in [1.82, 2.24) is 10.2 Å². The monoisotopic (exact) mass is 262 g/mol. The maximum absolute atomic E-state index is 5.52. The van der Waals surface area contributed by atoms with Crippen molar-refractivity contribution in [2.75, 3.05) is 27.2 Å². The lowest BCUT2D eigenvalue weighted by molar-refractivity contribution is 0.205. The average Bonchev–Trinajstić information content (AvgIpc) is 2.42. The van der Waals surface area contributed by atoms with Gasteiger partial charge in [-0.2, -0.15) is 0 Å². The van der Waals surface area contributed by atoms with E-state index in [9.17, 15) is 0 Å². The molecule has 0 radical (unpaired) electrons. The van der Waals surface area contributed by atoms with Crippen LogP contribution in [0, 0.1) is 0 Å². The maximum Gasteiger partial charge on any atom is 0.119 e. The van der Waals surface area contributed by atoms with Crippen molar-refractivity contribution in [3.8, 4) is 5.75 Å². The number of nitrogens with one attached hydrogen (secondary N) is 1. The minimum Gasteiger partial charge on any atom is -0.494 e. The Morgan fingerprint density at radius 3 is 2.53 bits per heavy atom. The van der Waals surface area contributed by atoms with Gasteiger partial charge in [-0.05, 0) is 58.1 Å². The number of hydrogen-bond acceptors (Lipinski definition) is 3. The summed E-state index contributed by atoms with van der Waals surface area (Å²) >= 11 is 0. The number of piperidine rings is 1. The van der Waals surface area contributed by atoms with Gasteiger partial charge in [0, 0.05) is 12.1 Å². The van der Waals surface area contributed by atoms with Crippen molar-refractivity contribution in [3.63, 3.8) is 0 Å². The highest BCUT2D eigenvalue weighted by Crippen LogP contribution is 2.28. The highest BCUT2D eigenvalue weighted by atomic mass is 16.5. The topological polar surface area (TPSA) is 24.5 Å². The van der Waals surface area contributed by atoms with Crippen LogP contribution in [-0.4, -0.2) is 38.2 Å². The predicted octanol–water partition coefficient (Wildman–Crippen LogP) is 2.83. The molecule has 0 saturated carbocycles. The van der Waals surface area contributed by atoms with Crippen LogP contribution in [-0.2, 0) is 0 Å². The lowest BCUT2D eigenvalue weighted by Gasteiger charge is -2.36. The highest BCUT2D eigenvalue weighted by molar-refractivity contribution is 5.30. The second-order valence-electron chi connectivity index (χ2n) is 5.47. The number of benzene rings is 1. The van der Waals surface area contributed by atoms with E-state index in [4.69, 9.17) is 4.74 Å². The average molecular weight is 262 g/mol. The number of nitrogens with zero attached hydrogens (tertiary/aromatic N) is 1. The molecule has 2 unspecified atom stereocenters. The summed E-state index contributed by atoms with van der Waals surface area (Å²) in [7, 11) is 4.33. The van der Waals surface area contributed by atoms with E-state index >= 15 is 0 Å². The summed E-state index contributed by atoms with van der Waals surface area (Å²) in [4.78, 5) is 2.32. The van der Waals surface area contributed by atoms with E-state index in [1.54, 1.807) is 0 Å². The van der Waals surface area contributed by atoms with E-state index in [2.05, 4.69) is 48.6 Å². The normalized spacial score (nSPS) is 21.4. The molecule has 0 bridgehead atoms. The first-order valence-electron chi connectivity index (χ1n) is 7.35. The Balaban J connectivity index is 2.13. The Labute approximate surface area is 116 Å². The molecule has 1 fully saturated rings. The lowest BCUT2D eigenvalue weighted by Crippen LogP contribution is -2.44. The molecule has 1 saturated heterocycles. The molecular formula is C16H26N2O. The Morgan fingerprint density at radius 1 is 1.26 bits per heavy atom. The van der Waals surface area contributed by atoms with Gasteiger partial charge in [0.2, 0.25) is 0 Å². The molecule has 0 amide bonds. The first-order valence-corrected chi connectivity index (χ1v) is 7.35. The van der Waals surface area contributed by atoms with Crippen LogP contribution < -0.4 is 10.1 Å². The smallest absolute Gasteiger partial charge is 0.119 e. The van der Waals surface area contributed by atoms with Crippen LogP contribution in [0.25, 0.3) is 0 Å². The Bertz CT molecular complexity index is 369. The molecule has 1 aromatic carbocycles. The van der Waals surface area contributed by atoms with E-state index in [0.29, 0.717) is 12.1 Å². The second-order valence-corrected chi connectivity index (χ2v) is 5.47. The second kappa shape index (κ2) is 6.92. The van der Waals surface area contributed by atoms with Gasteiger partial charge in [-0.3, -0.25) is 0 Å². The summed E-state index contributed by atoms with van der Waals surface area (Å²) in [6.45, 7) is 3.88. The van der Waals surface area contributed by atoms with Crippen LogP contribution in [0.15, 0.2) is 24.3 Å². The molecule has 106 valence electrons. The zero-order chi connectivity index (χ0) is 13.7. The molecule has 1 N–H and O–H groups in total. The third kappa shape index (κ3) is 3.71. The summed E-state index contributed by atoms with van der Waals surface area (Å²) in [5.41, 5.74) is 1.37. The van der Waals surface area contributed by atoms with Crippen molar-refractivity contribution in [1.29, 1.82) is 0 Å². The van der Waals surface area contributed by atoms with Crippen molar-refractivity contribution in [3.05, 3.63) is 29.8 Å². The molecule has 3 heteroatoms. The summed E-state index contributed by atoms with van der Waals surface area (Å²) < 4.78 is 5.52. The quantitative estimate of drug-likeness (QED) is 0.883. The fourth-order valence-corrected chi connectivity index (χ4v) is 2.97. The van der Waals surface area contributed by atoms with Crippen molar-refractivity contribution in [2.45, 2.75) is 38.3 Å². The maximum atomic E-state index is 5.52. The molecule has 0 aliphatic carbocycles. The van der Waals surface area contributed by atoms with Gasteiger partial charge in [0.05, 0.1) is 6.61 Å². The van der Waals surface area contributed by atoms with Crippen molar-refractivity contribution >= 4 is 0 Å². The standard InChI is InChI=1S/C16H26N2O/c1-4-19-14-10-8-13(9-11-14)16(18(2)3)15-7-5-6-12-17-15/h8-11,15-17H,4-7,12H2,1-3H3. The molecule has 1 heterocycles. The minimum absolute atomic E-state index is 0.441. The van der Waals surface area contributed by atoms with Crippen LogP contribution in [0.2, 0.25) is 0 Å². The zero-order valence-corrected chi connectivity index (χ0v) is 12.4. The molecular weight excluding hydrogens is 236 g/mol. The fourth-order valence-electron chi connectivity index (χ4n) is 2.97. The molecule has 0 aromatic heterocycles. The first kappa shape index (κ1) is 14.4. The van der Waals surface area contributed by atoms with Crippen LogP contribution in [0.3, 0.4) is 0 Å². The summed E-state index contributed by atoms with van der Waals surface area (Å²) in [6, 6.07) is 9.56. The van der Waals surface area contributed by atoms with E-state index in [1.807, 2.05) is 6.92 Å². The van der Waals surface area contributed by atoms with Gasteiger partial charge >= 0.3 is 0 Å². The van der Waals surface area contributed by atoms with E-state index < -0.39 is 0 Å². The third-order valence-corrected chi connectivity index (χ3v) is 3.82. The molecule has 3 nitrogen and oxygen atoms in total. The van der Waals surface area contributed by atoms with Gasteiger partial charge in [0.25, 0.3) is 0 Å². The molecule has 1 aromatic rings. The highest BCUT2D eigenvalue weighted by Gasteiger charge is 2.26. The predicted molar refractivity (Wildman–Crippen MR) is 79.7 cm³/mol. The van der Waals surface area contributed by atoms with Crippen LogP contribution in [0.4, 0.5) is 0 Å². The molecule has 0 spiro atoms.